The van der Waals surface area contributed by atoms with Crippen molar-refractivity contribution in [2.75, 3.05) is 19.7 Å². The maximum atomic E-state index is 9.71. The van der Waals surface area contributed by atoms with Gasteiger partial charge in [0.1, 0.15) is 0 Å². The van der Waals surface area contributed by atoms with Crippen molar-refractivity contribution < 1.29 is 5.11 Å². The van der Waals surface area contributed by atoms with Gasteiger partial charge in [-0.3, -0.25) is 0 Å². The SMILES string of the molecule is CC(C)NC(C)(CO)CC(C)N1CC2CCCC2C1. The van der Waals surface area contributed by atoms with Crippen molar-refractivity contribution in [2.45, 2.75) is 71.0 Å². The van der Waals surface area contributed by atoms with Gasteiger partial charge < -0.3 is 15.3 Å². The van der Waals surface area contributed by atoms with Gasteiger partial charge in [0.2, 0.25) is 0 Å². The number of likely N-dealkylation sites (tertiary alicyclic amines) is 1. The van der Waals surface area contributed by atoms with Crippen LogP contribution in [0.25, 0.3) is 0 Å². The van der Waals surface area contributed by atoms with Gasteiger partial charge in [-0.25, -0.2) is 0 Å². The zero-order valence-corrected chi connectivity index (χ0v) is 13.2. The molecular weight excluding hydrogens is 236 g/mol. The summed E-state index contributed by atoms with van der Waals surface area (Å²) in [5.41, 5.74) is -0.148. The van der Waals surface area contributed by atoms with E-state index < -0.39 is 0 Å². The van der Waals surface area contributed by atoms with Gasteiger partial charge in [-0.1, -0.05) is 20.3 Å². The molecule has 3 nitrogen and oxygen atoms in total. The van der Waals surface area contributed by atoms with E-state index in [1.165, 1.54) is 32.4 Å². The van der Waals surface area contributed by atoms with Crippen LogP contribution in [-0.4, -0.2) is 47.3 Å². The second kappa shape index (κ2) is 6.11. The summed E-state index contributed by atoms with van der Waals surface area (Å²) >= 11 is 0. The molecule has 0 amide bonds. The molecule has 0 aromatic rings. The average Bonchev–Trinajstić information content (AvgIpc) is 2.87. The van der Waals surface area contributed by atoms with Gasteiger partial charge in [-0.05, 0) is 44.9 Å². The van der Waals surface area contributed by atoms with Crippen LogP contribution >= 0.6 is 0 Å². The van der Waals surface area contributed by atoms with Gasteiger partial charge in [0.05, 0.1) is 6.61 Å². The number of nitrogens with zero attached hydrogens (tertiary/aromatic N) is 1. The van der Waals surface area contributed by atoms with Crippen molar-refractivity contribution in [2.24, 2.45) is 11.8 Å². The highest BCUT2D eigenvalue weighted by Crippen LogP contribution is 2.39. The predicted molar refractivity (Wildman–Crippen MR) is 80.2 cm³/mol. The minimum atomic E-state index is -0.148. The molecule has 4 unspecified atom stereocenters. The molecule has 2 fully saturated rings. The van der Waals surface area contributed by atoms with Crippen LogP contribution in [0.3, 0.4) is 0 Å². The van der Waals surface area contributed by atoms with E-state index in [-0.39, 0.29) is 12.1 Å². The minimum Gasteiger partial charge on any atom is -0.394 e. The molecule has 19 heavy (non-hydrogen) atoms. The molecule has 2 rings (SSSR count). The second-order valence-electron chi connectivity index (χ2n) is 7.48. The van der Waals surface area contributed by atoms with Gasteiger partial charge in [-0.2, -0.15) is 0 Å². The van der Waals surface area contributed by atoms with Crippen LogP contribution < -0.4 is 5.32 Å². The van der Waals surface area contributed by atoms with Gasteiger partial charge in [0, 0.05) is 30.7 Å². The Hall–Kier alpha value is -0.120. The van der Waals surface area contributed by atoms with Crippen LogP contribution in [0.4, 0.5) is 0 Å². The Balaban J connectivity index is 1.87. The maximum absolute atomic E-state index is 9.71. The van der Waals surface area contributed by atoms with Crippen LogP contribution in [0.15, 0.2) is 0 Å². The van der Waals surface area contributed by atoms with Crippen LogP contribution in [0.1, 0.15) is 53.4 Å². The number of hydrogen-bond acceptors (Lipinski definition) is 3. The first-order chi connectivity index (χ1) is 8.93. The Morgan fingerprint density at radius 1 is 1.21 bits per heavy atom. The smallest absolute Gasteiger partial charge is 0.0611 e. The summed E-state index contributed by atoms with van der Waals surface area (Å²) in [7, 11) is 0. The topological polar surface area (TPSA) is 35.5 Å². The zero-order chi connectivity index (χ0) is 14.0. The third-order valence-corrected chi connectivity index (χ3v) is 5.11. The minimum absolute atomic E-state index is 0.148. The van der Waals surface area contributed by atoms with E-state index in [0.29, 0.717) is 12.1 Å². The van der Waals surface area contributed by atoms with E-state index in [9.17, 15) is 5.11 Å². The van der Waals surface area contributed by atoms with Crippen molar-refractivity contribution in [3.8, 4) is 0 Å². The first-order valence-corrected chi connectivity index (χ1v) is 8.06. The molecule has 1 heterocycles. The Morgan fingerprint density at radius 3 is 2.26 bits per heavy atom. The third kappa shape index (κ3) is 3.71. The summed E-state index contributed by atoms with van der Waals surface area (Å²) in [4.78, 5) is 2.66. The summed E-state index contributed by atoms with van der Waals surface area (Å²) < 4.78 is 0. The zero-order valence-electron chi connectivity index (χ0n) is 13.2. The molecule has 0 aromatic heterocycles. The first kappa shape index (κ1) is 15.3. The molecule has 0 aromatic carbocycles. The molecule has 4 atom stereocenters. The lowest BCUT2D eigenvalue weighted by Crippen LogP contribution is -2.52. The van der Waals surface area contributed by atoms with Crippen LogP contribution in [0, 0.1) is 11.8 Å². The van der Waals surface area contributed by atoms with E-state index in [1.807, 2.05) is 0 Å². The lowest BCUT2D eigenvalue weighted by atomic mass is 9.93. The van der Waals surface area contributed by atoms with Gasteiger partial charge in [-0.15, -0.1) is 0 Å². The molecule has 2 N–H and O–H groups in total. The second-order valence-corrected chi connectivity index (χ2v) is 7.48. The molecule has 0 radical (unpaired) electrons. The summed E-state index contributed by atoms with van der Waals surface area (Å²) in [5, 5.41) is 13.2. The molecule has 0 bridgehead atoms. The lowest BCUT2D eigenvalue weighted by molar-refractivity contribution is 0.116. The molecular formula is C16H32N2O. The van der Waals surface area contributed by atoms with Crippen LogP contribution in [0.2, 0.25) is 0 Å². The van der Waals surface area contributed by atoms with E-state index in [1.54, 1.807) is 0 Å². The fourth-order valence-electron chi connectivity index (χ4n) is 4.28. The van der Waals surface area contributed by atoms with Gasteiger partial charge in [0.25, 0.3) is 0 Å². The lowest BCUT2D eigenvalue weighted by Gasteiger charge is -2.37. The summed E-state index contributed by atoms with van der Waals surface area (Å²) in [6.45, 7) is 11.6. The summed E-state index contributed by atoms with van der Waals surface area (Å²) in [6, 6.07) is 0.983. The molecule has 112 valence electrons. The van der Waals surface area contributed by atoms with Gasteiger partial charge >= 0.3 is 0 Å². The Morgan fingerprint density at radius 2 is 1.79 bits per heavy atom. The van der Waals surface area contributed by atoms with Gasteiger partial charge in [0.15, 0.2) is 0 Å². The van der Waals surface area contributed by atoms with E-state index >= 15 is 0 Å². The van der Waals surface area contributed by atoms with Crippen molar-refractivity contribution in [3.63, 3.8) is 0 Å². The normalized spacial score (nSPS) is 32.5. The summed E-state index contributed by atoms with van der Waals surface area (Å²) in [6.07, 6.45) is 5.35. The molecule has 3 heteroatoms. The molecule has 2 aliphatic rings. The molecule has 1 saturated carbocycles. The number of hydrogen-bond donors (Lipinski definition) is 2. The number of fused-ring (bicyclic) bond motifs is 1. The van der Waals surface area contributed by atoms with Crippen LogP contribution in [0.5, 0.6) is 0 Å². The first-order valence-electron chi connectivity index (χ1n) is 8.06. The van der Waals surface area contributed by atoms with Crippen molar-refractivity contribution in [1.29, 1.82) is 0 Å². The number of rotatable bonds is 6. The summed E-state index contributed by atoms with van der Waals surface area (Å²) in [5.74, 6) is 1.92. The quantitative estimate of drug-likeness (QED) is 0.775. The van der Waals surface area contributed by atoms with Crippen molar-refractivity contribution in [3.05, 3.63) is 0 Å². The predicted octanol–water partition coefficient (Wildman–Crippen LogP) is 2.25. The number of nitrogens with one attached hydrogen (secondary N) is 1. The van der Waals surface area contributed by atoms with Crippen molar-refractivity contribution in [1.82, 2.24) is 10.2 Å². The maximum Gasteiger partial charge on any atom is 0.0611 e. The highest BCUT2D eigenvalue weighted by atomic mass is 16.3. The number of aliphatic hydroxyl groups excluding tert-OH is 1. The molecule has 1 aliphatic heterocycles. The fraction of sp³-hybridized carbons (Fsp3) is 1.00. The van der Waals surface area contributed by atoms with Crippen LogP contribution in [-0.2, 0) is 0 Å². The molecule has 0 spiro atoms. The molecule has 1 saturated heterocycles. The van der Waals surface area contributed by atoms with Crippen molar-refractivity contribution >= 4 is 0 Å². The Kier molecular flexibility index (Phi) is 4.91. The van der Waals surface area contributed by atoms with E-state index in [0.717, 1.165) is 18.3 Å². The van der Waals surface area contributed by atoms with E-state index in [2.05, 4.69) is 37.9 Å². The Bertz CT molecular complexity index is 282. The Labute approximate surface area is 118 Å². The number of aliphatic hydroxyl groups is 1. The highest BCUT2D eigenvalue weighted by molar-refractivity contribution is 4.94. The monoisotopic (exact) mass is 268 g/mol. The average molecular weight is 268 g/mol. The highest BCUT2D eigenvalue weighted by Gasteiger charge is 2.39. The fourth-order valence-corrected chi connectivity index (χ4v) is 4.28. The largest absolute Gasteiger partial charge is 0.394 e. The molecule has 1 aliphatic carbocycles. The standard InChI is InChI=1S/C16H32N2O/c1-12(2)17-16(4,11-19)8-13(3)18-9-14-6-5-7-15(14)10-18/h12-15,17,19H,5-11H2,1-4H3. The third-order valence-electron chi connectivity index (χ3n) is 5.11. The van der Waals surface area contributed by atoms with E-state index in [4.69, 9.17) is 0 Å².